The Kier molecular flexibility index (Phi) is 2.46. The second-order valence-corrected chi connectivity index (χ2v) is 3.59. The van der Waals surface area contributed by atoms with Gasteiger partial charge in [0.2, 0.25) is 0 Å². The maximum atomic E-state index is 5.84. The predicted octanol–water partition coefficient (Wildman–Crippen LogP) is 2.46. The highest BCUT2D eigenvalue weighted by Gasteiger charge is 2.07. The van der Waals surface area contributed by atoms with Crippen LogP contribution in [0.4, 0.5) is 5.82 Å². The molecule has 0 spiro atoms. The lowest BCUT2D eigenvalue weighted by atomic mass is 10.1. The number of benzene rings is 1. The van der Waals surface area contributed by atoms with Gasteiger partial charge in [0.15, 0.2) is 0 Å². The molecule has 0 amide bonds. The molecule has 0 aliphatic carbocycles. The highest BCUT2D eigenvalue weighted by atomic mass is 15.3. The van der Waals surface area contributed by atoms with Crippen LogP contribution in [0.3, 0.4) is 0 Å². The van der Waals surface area contributed by atoms with Crippen LogP contribution < -0.4 is 5.73 Å². The predicted molar refractivity (Wildman–Crippen MR) is 62.5 cm³/mol. The zero-order valence-electron chi connectivity index (χ0n) is 9.07. The summed E-state index contributed by atoms with van der Waals surface area (Å²) < 4.78 is 1.81. The zero-order chi connectivity index (χ0) is 10.8. The summed E-state index contributed by atoms with van der Waals surface area (Å²) in [6.07, 6.45) is 0. The van der Waals surface area contributed by atoms with E-state index in [0.717, 1.165) is 23.6 Å². The first kappa shape index (κ1) is 9.77. The number of anilines is 1. The monoisotopic (exact) mass is 201 g/mol. The molecule has 0 aliphatic heterocycles. The molecule has 0 aliphatic rings. The number of hydrogen-bond donors (Lipinski definition) is 1. The van der Waals surface area contributed by atoms with Crippen molar-refractivity contribution in [3.05, 3.63) is 35.9 Å². The van der Waals surface area contributed by atoms with E-state index in [1.807, 2.05) is 29.8 Å². The second kappa shape index (κ2) is 3.77. The largest absolute Gasteiger partial charge is 0.384 e. The topological polar surface area (TPSA) is 43.8 Å². The fourth-order valence-electron chi connectivity index (χ4n) is 1.68. The maximum absolute atomic E-state index is 5.84. The number of rotatable bonds is 2. The summed E-state index contributed by atoms with van der Waals surface area (Å²) in [4.78, 5) is 0. The lowest BCUT2D eigenvalue weighted by molar-refractivity contribution is 0.672. The minimum Gasteiger partial charge on any atom is -0.384 e. The summed E-state index contributed by atoms with van der Waals surface area (Å²) >= 11 is 0. The fourth-order valence-corrected chi connectivity index (χ4v) is 1.68. The molecule has 3 nitrogen and oxygen atoms in total. The van der Waals surface area contributed by atoms with Crippen LogP contribution in [0.1, 0.15) is 12.5 Å². The Morgan fingerprint density at radius 3 is 2.67 bits per heavy atom. The third-order valence-electron chi connectivity index (χ3n) is 2.53. The molecule has 0 fully saturated rings. The van der Waals surface area contributed by atoms with E-state index in [-0.39, 0.29) is 0 Å². The van der Waals surface area contributed by atoms with Gasteiger partial charge in [0.05, 0.1) is 5.69 Å². The summed E-state index contributed by atoms with van der Waals surface area (Å²) in [7, 11) is 0. The van der Waals surface area contributed by atoms with Crippen LogP contribution in [0, 0.1) is 6.92 Å². The van der Waals surface area contributed by atoms with Crippen LogP contribution in [0.15, 0.2) is 30.3 Å². The average molecular weight is 201 g/mol. The molecule has 0 saturated carbocycles. The van der Waals surface area contributed by atoms with Crippen LogP contribution in [-0.2, 0) is 6.54 Å². The Hall–Kier alpha value is -1.77. The lowest BCUT2D eigenvalue weighted by Gasteiger charge is -2.00. The van der Waals surface area contributed by atoms with Crippen molar-refractivity contribution in [3.8, 4) is 11.3 Å². The van der Waals surface area contributed by atoms with E-state index in [4.69, 9.17) is 5.73 Å². The van der Waals surface area contributed by atoms with Crippen molar-refractivity contribution in [2.75, 3.05) is 5.73 Å². The van der Waals surface area contributed by atoms with Crippen LogP contribution in [0.5, 0.6) is 0 Å². The molecule has 78 valence electrons. The zero-order valence-corrected chi connectivity index (χ0v) is 9.07. The molecule has 0 atom stereocenters. The quantitative estimate of drug-likeness (QED) is 0.811. The van der Waals surface area contributed by atoms with Crippen molar-refractivity contribution >= 4 is 5.82 Å². The van der Waals surface area contributed by atoms with Crippen LogP contribution in [-0.4, -0.2) is 9.78 Å². The normalized spacial score (nSPS) is 10.5. The maximum Gasteiger partial charge on any atom is 0.122 e. The van der Waals surface area contributed by atoms with E-state index in [9.17, 15) is 0 Å². The van der Waals surface area contributed by atoms with Gasteiger partial charge in [0, 0.05) is 18.2 Å². The smallest absolute Gasteiger partial charge is 0.122 e. The molecule has 0 unspecified atom stereocenters. The van der Waals surface area contributed by atoms with Crippen molar-refractivity contribution in [2.45, 2.75) is 20.4 Å². The molecule has 15 heavy (non-hydrogen) atoms. The Morgan fingerprint density at radius 2 is 2.07 bits per heavy atom. The number of nitrogen functional groups attached to an aromatic ring is 1. The molecule has 3 heteroatoms. The molecular weight excluding hydrogens is 186 g/mol. The Bertz CT molecular complexity index is 471. The van der Waals surface area contributed by atoms with E-state index < -0.39 is 0 Å². The van der Waals surface area contributed by atoms with Crippen molar-refractivity contribution in [2.24, 2.45) is 0 Å². The van der Waals surface area contributed by atoms with E-state index in [1.54, 1.807) is 0 Å². The van der Waals surface area contributed by atoms with Crippen molar-refractivity contribution < 1.29 is 0 Å². The molecule has 0 bridgehead atoms. The first-order valence-electron chi connectivity index (χ1n) is 5.11. The number of aromatic nitrogens is 2. The van der Waals surface area contributed by atoms with E-state index in [1.165, 1.54) is 5.56 Å². The fraction of sp³-hybridized carbons (Fsp3) is 0.250. The first-order valence-corrected chi connectivity index (χ1v) is 5.11. The molecular formula is C12H15N3. The molecule has 1 aromatic heterocycles. The molecule has 2 N–H and O–H groups in total. The van der Waals surface area contributed by atoms with Gasteiger partial charge >= 0.3 is 0 Å². The molecule has 1 aromatic carbocycles. The van der Waals surface area contributed by atoms with Crippen molar-refractivity contribution in [1.82, 2.24) is 9.78 Å². The highest BCUT2D eigenvalue weighted by Crippen LogP contribution is 2.23. The number of nitrogens with zero attached hydrogens (tertiary/aromatic N) is 2. The van der Waals surface area contributed by atoms with Gasteiger partial charge in [-0.2, -0.15) is 5.10 Å². The van der Waals surface area contributed by atoms with Gasteiger partial charge in [-0.3, -0.25) is 0 Å². The Labute approximate surface area is 89.5 Å². The van der Waals surface area contributed by atoms with E-state index in [0.29, 0.717) is 0 Å². The lowest BCUT2D eigenvalue weighted by Crippen LogP contribution is -2.01. The van der Waals surface area contributed by atoms with Crippen molar-refractivity contribution in [1.29, 1.82) is 0 Å². The molecule has 1 heterocycles. The highest BCUT2D eigenvalue weighted by molar-refractivity contribution is 5.65. The summed E-state index contributed by atoms with van der Waals surface area (Å²) in [5.74, 6) is 0.718. The van der Waals surface area contributed by atoms with Gasteiger partial charge in [-0.05, 0) is 19.4 Å². The van der Waals surface area contributed by atoms with Crippen molar-refractivity contribution in [3.63, 3.8) is 0 Å². The Morgan fingerprint density at radius 1 is 1.33 bits per heavy atom. The van der Waals surface area contributed by atoms with Gasteiger partial charge in [-0.1, -0.05) is 24.3 Å². The van der Waals surface area contributed by atoms with Gasteiger partial charge in [-0.15, -0.1) is 0 Å². The number of hydrogen-bond acceptors (Lipinski definition) is 2. The summed E-state index contributed by atoms with van der Waals surface area (Å²) in [6.45, 7) is 4.92. The third-order valence-corrected chi connectivity index (χ3v) is 2.53. The number of aryl methyl sites for hydroxylation is 2. The van der Waals surface area contributed by atoms with E-state index in [2.05, 4.69) is 24.2 Å². The number of nitrogens with two attached hydrogens (primary N) is 1. The summed E-state index contributed by atoms with van der Waals surface area (Å²) in [6, 6.07) is 10.1. The minimum atomic E-state index is 0.718. The third kappa shape index (κ3) is 1.73. The second-order valence-electron chi connectivity index (χ2n) is 3.59. The summed E-state index contributed by atoms with van der Waals surface area (Å²) in [5, 5.41) is 4.45. The van der Waals surface area contributed by atoms with Gasteiger partial charge in [0.25, 0.3) is 0 Å². The molecule has 0 radical (unpaired) electrons. The minimum absolute atomic E-state index is 0.718. The van der Waals surface area contributed by atoms with Crippen LogP contribution in [0.2, 0.25) is 0 Å². The molecule has 0 saturated heterocycles. The first-order chi connectivity index (χ1) is 7.22. The van der Waals surface area contributed by atoms with E-state index >= 15 is 0 Å². The standard InChI is InChI=1S/C12H15N3/c1-3-15-12(13)8-11(14-15)10-7-5-4-6-9(10)2/h4-8H,3,13H2,1-2H3. The van der Waals surface area contributed by atoms with Crippen LogP contribution in [0.25, 0.3) is 11.3 Å². The van der Waals surface area contributed by atoms with Gasteiger partial charge < -0.3 is 5.73 Å². The average Bonchev–Trinajstić information content (AvgIpc) is 2.60. The van der Waals surface area contributed by atoms with Crippen LogP contribution >= 0.6 is 0 Å². The molecule has 2 aromatic rings. The Balaban J connectivity index is 2.50. The van der Waals surface area contributed by atoms with Gasteiger partial charge in [-0.25, -0.2) is 4.68 Å². The van der Waals surface area contributed by atoms with Gasteiger partial charge in [0.1, 0.15) is 5.82 Å². The SMILES string of the molecule is CCn1nc(-c2ccccc2C)cc1N. The molecule has 2 rings (SSSR count). The summed E-state index contributed by atoms with van der Waals surface area (Å²) in [5.41, 5.74) is 9.16.